The Hall–Kier alpha value is -2.75. The van der Waals surface area contributed by atoms with Crippen molar-refractivity contribution in [3.05, 3.63) is 61.3 Å². The van der Waals surface area contributed by atoms with Crippen molar-refractivity contribution in [1.29, 1.82) is 0 Å². The third-order valence-corrected chi connectivity index (χ3v) is 4.05. The average molecular weight is 392 g/mol. The molecule has 0 amide bonds. The molecule has 0 radical (unpaired) electrons. The van der Waals surface area contributed by atoms with Crippen LogP contribution in [0.1, 0.15) is 18.4 Å². The van der Waals surface area contributed by atoms with Gasteiger partial charge in [0.05, 0.1) is 5.02 Å². The van der Waals surface area contributed by atoms with Crippen molar-refractivity contribution in [2.75, 3.05) is 5.84 Å². The highest BCUT2D eigenvalue weighted by atomic mass is 35.5. The van der Waals surface area contributed by atoms with Crippen molar-refractivity contribution >= 4 is 22.6 Å². The van der Waals surface area contributed by atoms with Gasteiger partial charge in [0.1, 0.15) is 11.4 Å². The number of aromatic nitrogens is 2. The van der Waals surface area contributed by atoms with Gasteiger partial charge in [0.25, 0.3) is 5.56 Å². The molecule has 0 aliphatic heterocycles. The number of hydrogen-bond acceptors (Lipinski definition) is 4. The number of halogens is 5. The molecule has 3 aromatic rings. The van der Waals surface area contributed by atoms with Crippen LogP contribution in [0.5, 0.6) is 0 Å². The monoisotopic (exact) mass is 391 g/mol. The van der Waals surface area contributed by atoms with E-state index in [1.165, 1.54) is 6.07 Å². The minimum Gasteiger partial charge on any atom is -0.459 e. The molecule has 0 saturated heterocycles. The molecule has 0 aliphatic rings. The van der Waals surface area contributed by atoms with E-state index in [-0.39, 0.29) is 31.3 Å². The highest BCUT2D eigenvalue weighted by molar-refractivity contribution is 6.35. The third-order valence-electron chi connectivity index (χ3n) is 3.74. The van der Waals surface area contributed by atoms with Crippen LogP contribution in [0.25, 0.3) is 16.7 Å². The first-order chi connectivity index (χ1) is 12.1. The summed E-state index contributed by atoms with van der Waals surface area (Å²) in [5.41, 5.74) is -5.57. The first-order valence-corrected chi connectivity index (χ1v) is 7.56. The Morgan fingerprint density at radius 2 is 1.88 bits per heavy atom. The number of aryl methyl sites for hydroxylation is 1. The fourth-order valence-corrected chi connectivity index (χ4v) is 2.76. The van der Waals surface area contributed by atoms with Crippen molar-refractivity contribution in [3.8, 4) is 5.69 Å². The second kappa shape index (κ2) is 5.90. The molecule has 2 heterocycles. The molecule has 11 heteroatoms. The van der Waals surface area contributed by atoms with Crippen molar-refractivity contribution in [3.63, 3.8) is 0 Å². The summed E-state index contributed by atoms with van der Waals surface area (Å²) >= 11 is 5.94. The van der Waals surface area contributed by atoms with Crippen LogP contribution in [0.2, 0.25) is 5.02 Å². The highest BCUT2D eigenvalue weighted by Crippen LogP contribution is 2.33. The molecule has 0 bridgehead atoms. The fraction of sp³-hybridized carbons (Fsp3) is 0.200. The molecule has 0 aliphatic carbocycles. The zero-order valence-corrected chi connectivity index (χ0v) is 13.8. The van der Waals surface area contributed by atoms with Crippen LogP contribution in [-0.4, -0.2) is 9.24 Å². The summed E-state index contributed by atoms with van der Waals surface area (Å²) in [6.45, 7) is 1.73. The highest BCUT2D eigenvalue weighted by Gasteiger charge is 2.36. The summed E-state index contributed by atoms with van der Waals surface area (Å²) in [5, 5.41) is 0.160. The molecule has 26 heavy (non-hydrogen) atoms. The Labute approximate surface area is 147 Å². The van der Waals surface area contributed by atoms with Gasteiger partial charge in [-0.15, -0.1) is 0 Å². The molecule has 3 rings (SSSR count). The zero-order chi connectivity index (χ0) is 19.4. The quantitative estimate of drug-likeness (QED) is 0.538. The van der Waals surface area contributed by atoms with Crippen LogP contribution in [0.3, 0.4) is 0 Å². The maximum atomic E-state index is 14.5. The summed E-state index contributed by atoms with van der Waals surface area (Å²) < 4.78 is 58.4. The maximum absolute atomic E-state index is 14.5. The number of rotatable bonds is 2. The van der Waals surface area contributed by atoms with E-state index in [0.717, 1.165) is 6.07 Å². The molecule has 2 N–H and O–H groups in total. The Morgan fingerprint density at radius 1 is 1.23 bits per heavy atom. The number of fused-ring (bicyclic) bond motifs is 1. The standard InChI is InChI=1S/C15H10ClF4N3O3/c1-2-6-3-7-8(16)4-9(17)12(13(7)26-6)22-11(24)5-10(15(18,19)20)23(21)14(22)25/h3-5H,2,21H2,1H3. The lowest BCUT2D eigenvalue weighted by Crippen LogP contribution is -2.45. The third kappa shape index (κ3) is 2.66. The number of benzene rings is 1. The van der Waals surface area contributed by atoms with E-state index in [0.29, 0.717) is 12.2 Å². The largest absolute Gasteiger partial charge is 0.459 e. The van der Waals surface area contributed by atoms with Gasteiger partial charge < -0.3 is 10.3 Å². The van der Waals surface area contributed by atoms with Crippen molar-refractivity contribution in [2.45, 2.75) is 19.5 Å². The minimum atomic E-state index is -5.04. The van der Waals surface area contributed by atoms with Gasteiger partial charge in [-0.3, -0.25) is 4.79 Å². The lowest BCUT2D eigenvalue weighted by molar-refractivity contribution is -0.143. The van der Waals surface area contributed by atoms with E-state index in [1.54, 1.807) is 6.92 Å². The lowest BCUT2D eigenvalue weighted by atomic mass is 10.2. The first-order valence-electron chi connectivity index (χ1n) is 7.18. The van der Waals surface area contributed by atoms with Crippen LogP contribution in [0, 0.1) is 5.82 Å². The number of alkyl halides is 3. The van der Waals surface area contributed by atoms with E-state index >= 15 is 0 Å². The number of nitrogens with two attached hydrogens (primary N) is 1. The van der Waals surface area contributed by atoms with Gasteiger partial charge >= 0.3 is 11.9 Å². The first kappa shape index (κ1) is 18.1. The maximum Gasteiger partial charge on any atom is 0.433 e. The molecule has 0 fully saturated rings. The number of nitrogen functional groups attached to an aromatic ring is 1. The van der Waals surface area contributed by atoms with Gasteiger partial charge in [-0.2, -0.15) is 13.2 Å². The topological polar surface area (TPSA) is 83.2 Å². The Balaban J connectivity index is 2.46. The molecule has 0 atom stereocenters. The predicted molar refractivity (Wildman–Crippen MR) is 85.6 cm³/mol. The second-order valence-corrected chi connectivity index (χ2v) is 5.76. The van der Waals surface area contributed by atoms with Crippen LogP contribution < -0.4 is 17.1 Å². The molecular weight excluding hydrogens is 382 g/mol. The van der Waals surface area contributed by atoms with Gasteiger partial charge in [-0.25, -0.2) is 18.4 Å². The summed E-state index contributed by atoms with van der Waals surface area (Å²) in [7, 11) is 0. The second-order valence-electron chi connectivity index (χ2n) is 5.35. The molecule has 0 saturated carbocycles. The van der Waals surface area contributed by atoms with Crippen molar-refractivity contribution in [1.82, 2.24) is 9.24 Å². The molecular formula is C15H10ClF4N3O3. The summed E-state index contributed by atoms with van der Waals surface area (Å²) in [5.74, 6) is 4.43. The van der Waals surface area contributed by atoms with E-state index in [4.69, 9.17) is 21.9 Å². The van der Waals surface area contributed by atoms with Crippen LogP contribution in [-0.2, 0) is 12.6 Å². The number of nitrogens with zero attached hydrogens (tertiary/aromatic N) is 2. The number of furan rings is 1. The molecule has 138 valence electrons. The molecule has 2 aromatic heterocycles. The summed E-state index contributed by atoms with van der Waals surface area (Å²) in [6.07, 6.45) is -4.64. The van der Waals surface area contributed by atoms with E-state index in [9.17, 15) is 27.2 Å². The Morgan fingerprint density at radius 3 is 2.46 bits per heavy atom. The lowest BCUT2D eigenvalue weighted by Gasteiger charge is -2.14. The average Bonchev–Trinajstić information content (AvgIpc) is 2.97. The Bertz CT molecular complexity index is 1140. The van der Waals surface area contributed by atoms with Gasteiger partial charge in [0, 0.05) is 17.9 Å². The summed E-state index contributed by atoms with van der Waals surface area (Å²) in [6, 6.07) is 2.42. The number of hydrogen-bond donors (Lipinski definition) is 1. The van der Waals surface area contributed by atoms with E-state index in [2.05, 4.69) is 0 Å². The van der Waals surface area contributed by atoms with E-state index < -0.39 is 34.6 Å². The normalized spacial score (nSPS) is 12.1. The fourth-order valence-electron chi connectivity index (χ4n) is 2.52. The smallest absolute Gasteiger partial charge is 0.433 e. The van der Waals surface area contributed by atoms with Crippen molar-refractivity contribution in [2.24, 2.45) is 0 Å². The van der Waals surface area contributed by atoms with Gasteiger partial charge in [0.15, 0.2) is 17.1 Å². The predicted octanol–water partition coefficient (Wildman–Crippen LogP) is 2.83. The van der Waals surface area contributed by atoms with E-state index in [1.807, 2.05) is 0 Å². The Kier molecular flexibility index (Phi) is 4.10. The van der Waals surface area contributed by atoms with Crippen LogP contribution in [0.4, 0.5) is 17.6 Å². The van der Waals surface area contributed by atoms with Gasteiger partial charge in [-0.1, -0.05) is 18.5 Å². The van der Waals surface area contributed by atoms with Crippen LogP contribution >= 0.6 is 11.6 Å². The SMILES string of the molecule is CCc1cc2c(Cl)cc(F)c(-n3c(=O)cc(C(F)(F)F)n(N)c3=O)c2o1. The van der Waals surface area contributed by atoms with Gasteiger partial charge in [-0.05, 0) is 12.1 Å². The zero-order valence-electron chi connectivity index (χ0n) is 13.0. The molecule has 0 spiro atoms. The summed E-state index contributed by atoms with van der Waals surface area (Å²) in [4.78, 5) is 24.4. The molecule has 6 nitrogen and oxygen atoms in total. The van der Waals surface area contributed by atoms with Gasteiger partial charge in [0.2, 0.25) is 0 Å². The molecule has 0 unspecified atom stereocenters. The van der Waals surface area contributed by atoms with Crippen molar-refractivity contribution < 1.29 is 22.0 Å². The molecule has 1 aromatic carbocycles. The van der Waals surface area contributed by atoms with Crippen LogP contribution in [0.15, 0.2) is 32.2 Å². The minimum absolute atomic E-state index is 0.0438.